The summed E-state index contributed by atoms with van der Waals surface area (Å²) in [5.41, 5.74) is 4.91. The van der Waals surface area contributed by atoms with Gasteiger partial charge in [-0.3, -0.25) is 4.79 Å². The van der Waals surface area contributed by atoms with E-state index in [9.17, 15) is 13.2 Å². The monoisotopic (exact) mass is 215 g/mol. The van der Waals surface area contributed by atoms with E-state index in [2.05, 4.69) is 9.97 Å². The van der Waals surface area contributed by atoms with Crippen molar-refractivity contribution in [1.82, 2.24) is 9.97 Å². The van der Waals surface area contributed by atoms with Gasteiger partial charge < -0.3 is 5.73 Å². The number of nitrogens with zero attached hydrogens (tertiary/aromatic N) is 2. The molecular formula is C7H9N3O3S. The third-order valence-electron chi connectivity index (χ3n) is 1.44. The fraction of sp³-hybridized carbons (Fsp3) is 0.286. The van der Waals surface area contributed by atoms with Crippen LogP contribution in [0.3, 0.4) is 0 Å². The summed E-state index contributed by atoms with van der Waals surface area (Å²) in [5, 5.41) is 0. The second kappa shape index (κ2) is 3.70. The van der Waals surface area contributed by atoms with Crippen LogP contribution in [0.15, 0.2) is 17.3 Å². The van der Waals surface area contributed by atoms with Crippen LogP contribution in [0.5, 0.6) is 0 Å². The maximum atomic E-state index is 11.0. The van der Waals surface area contributed by atoms with E-state index in [-0.39, 0.29) is 17.1 Å². The highest BCUT2D eigenvalue weighted by Crippen LogP contribution is 2.04. The molecule has 2 N–H and O–H groups in total. The average molecular weight is 215 g/mol. The molecule has 0 aliphatic carbocycles. The van der Waals surface area contributed by atoms with E-state index in [0.29, 0.717) is 0 Å². The zero-order valence-electron chi connectivity index (χ0n) is 7.47. The van der Waals surface area contributed by atoms with Crippen LogP contribution in [0.2, 0.25) is 0 Å². The van der Waals surface area contributed by atoms with Crippen molar-refractivity contribution in [2.75, 3.05) is 6.26 Å². The van der Waals surface area contributed by atoms with Crippen LogP contribution in [-0.4, -0.2) is 30.5 Å². The molecule has 6 nitrogen and oxygen atoms in total. The molecule has 1 aromatic heterocycles. The van der Waals surface area contributed by atoms with Crippen molar-refractivity contribution in [1.29, 1.82) is 0 Å². The van der Waals surface area contributed by atoms with Crippen LogP contribution in [0.4, 0.5) is 0 Å². The number of hydrogen-bond donors (Lipinski definition) is 1. The first kappa shape index (κ1) is 10.6. The van der Waals surface area contributed by atoms with Crippen molar-refractivity contribution in [3.8, 4) is 0 Å². The molecule has 0 saturated heterocycles. The molecule has 0 bridgehead atoms. The number of primary amides is 1. The first-order valence-electron chi connectivity index (χ1n) is 3.69. The second-order valence-corrected chi connectivity index (χ2v) is 4.77. The van der Waals surface area contributed by atoms with E-state index in [1.807, 2.05) is 0 Å². The van der Waals surface area contributed by atoms with Gasteiger partial charge in [-0.05, 0) is 0 Å². The van der Waals surface area contributed by atoms with Gasteiger partial charge in [0.25, 0.3) is 0 Å². The summed E-state index contributed by atoms with van der Waals surface area (Å²) >= 11 is 0. The van der Waals surface area contributed by atoms with Crippen molar-refractivity contribution in [2.45, 2.75) is 11.3 Å². The van der Waals surface area contributed by atoms with Crippen LogP contribution in [0.25, 0.3) is 0 Å². The summed E-state index contributed by atoms with van der Waals surface area (Å²) in [6, 6.07) is 0. The molecule has 1 aromatic rings. The van der Waals surface area contributed by atoms with Gasteiger partial charge in [0.05, 0.1) is 6.42 Å². The Morgan fingerprint density at radius 1 is 1.43 bits per heavy atom. The minimum atomic E-state index is -3.29. The Morgan fingerprint density at radius 2 is 1.93 bits per heavy atom. The molecular weight excluding hydrogens is 206 g/mol. The highest BCUT2D eigenvalue weighted by molar-refractivity contribution is 7.90. The van der Waals surface area contributed by atoms with Crippen molar-refractivity contribution in [3.05, 3.63) is 18.2 Å². The molecule has 7 heteroatoms. The largest absolute Gasteiger partial charge is 0.369 e. The molecule has 1 heterocycles. The second-order valence-electron chi connectivity index (χ2n) is 2.75. The predicted molar refractivity (Wildman–Crippen MR) is 48.0 cm³/mol. The van der Waals surface area contributed by atoms with E-state index in [0.717, 1.165) is 18.6 Å². The predicted octanol–water partition coefficient (Wildman–Crippen LogP) is -1.09. The van der Waals surface area contributed by atoms with Crippen LogP contribution in [-0.2, 0) is 21.1 Å². The molecule has 0 aliphatic heterocycles. The van der Waals surface area contributed by atoms with Crippen molar-refractivity contribution in [3.63, 3.8) is 0 Å². The first-order chi connectivity index (χ1) is 6.39. The lowest BCUT2D eigenvalue weighted by atomic mass is 10.4. The fourth-order valence-corrected chi connectivity index (χ4v) is 1.27. The summed E-state index contributed by atoms with van der Waals surface area (Å²) in [7, 11) is -3.29. The standard InChI is InChI=1S/C7H9N3O3S/c1-14(12,13)5-3-9-7(10-4-5)2-6(8)11/h3-4H,2H2,1H3,(H2,8,11). The number of carbonyl (C=O) groups is 1. The van der Waals surface area contributed by atoms with Gasteiger partial charge in [-0.25, -0.2) is 18.4 Å². The van der Waals surface area contributed by atoms with E-state index in [1.54, 1.807) is 0 Å². The van der Waals surface area contributed by atoms with Gasteiger partial charge >= 0.3 is 0 Å². The van der Waals surface area contributed by atoms with Crippen LogP contribution >= 0.6 is 0 Å². The lowest BCUT2D eigenvalue weighted by Crippen LogP contribution is -2.15. The summed E-state index contributed by atoms with van der Waals surface area (Å²) < 4.78 is 22.0. The molecule has 76 valence electrons. The molecule has 0 aromatic carbocycles. The van der Waals surface area contributed by atoms with E-state index < -0.39 is 15.7 Å². The number of rotatable bonds is 3. The summed E-state index contributed by atoms with van der Waals surface area (Å²) in [6.45, 7) is 0. The van der Waals surface area contributed by atoms with Crippen LogP contribution in [0, 0.1) is 0 Å². The molecule has 1 amide bonds. The number of nitrogens with two attached hydrogens (primary N) is 1. The fourth-order valence-electron chi connectivity index (χ4n) is 0.782. The number of hydrogen-bond acceptors (Lipinski definition) is 5. The highest BCUT2D eigenvalue weighted by atomic mass is 32.2. The van der Waals surface area contributed by atoms with Gasteiger partial charge in [0.1, 0.15) is 10.7 Å². The maximum absolute atomic E-state index is 11.0. The minimum absolute atomic E-state index is 0.0192. The highest BCUT2D eigenvalue weighted by Gasteiger charge is 2.08. The SMILES string of the molecule is CS(=O)(=O)c1cnc(CC(N)=O)nc1. The first-order valence-corrected chi connectivity index (χ1v) is 5.58. The quantitative estimate of drug-likeness (QED) is 0.689. The van der Waals surface area contributed by atoms with Gasteiger partial charge in [-0.2, -0.15) is 0 Å². The third-order valence-corrected chi connectivity index (χ3v) is 2.51. The molecule has 14 heavy (non-hydrogen) atoms. The number of carbonyl (C=O) groups excluding carboxylic acids is 1. The van der Waals surface area contributed by atoms with Gasteiger partial charge in [0.15, 0.2) is 9.84 Å². The van der Waals surface area contributed by atoms with Crippen molar-refractivity contribution < 1.29 is 13.2 Å². The van der Waals surface area contributed by atoms with Crippen molar-refractivity contribution >= 4 is 15.7 Å². The third kappa shape index (κ3) is 2.77. The number of sulfone groups is 1. The van der Waals surface area contributed by atoms with Gasteiger partial charge in [-0.1, -0.05) is 0 Å². The number of amides is 1. The Hall–Kier alpha value is -1.50. The molecule has 0 aliphatic rings. The summed E-state index contributed by atoms with van der Waals surface area (Å²) in [6.07, 6.45) is 3.27. The topological polar surface area (TPSA) is 103 Å². The molecule has 0 fully saturated rings. The smallest absolute Gasteiger partial charge is 0.225 e. The Bertz CT molecular complexity index is 438. The molecule has 0 unspecified atom stereocenters. The van der Waals surface area contributed by atoms with E-state index in [1.165, 1.54) is 0 Å². The normalized spacial score (nSPS) is 11.2. The van der Waals surface area contributed by atoms with Crippen LogP contribution < -0.4 is 5.73 Å². The van der Waals surface area contributed by atoms with Crippen LogP contribution in [0.1, 0.15) is 5.82 Å². The molecule has 0 atom stereocenters. The van der Waals surface area contributed by atoms with Gasteiger partial charge in [0.2, 0.25) is 5.91 Å². The molecule has 0 radical (unpaired) electrons. The molecule has 0 saturated carbocycles. The Balaban J connectivity index is 2.95. The number of aromatic nitrogens is 2. The maximum Gasteiger partial charge on any atom is 0.225 e. The van der Waals surface area contributed by atoms with Crippen molar-refractivity contribution in [2.24, 2.45) is 5.73 Å². The molecule has 1 rings (SSSR count). The lowest BCUT2D eigenvalue weighted by Gasteiger charge is -1.98. The Kier molecular flexibility index (Phi) is 2.80. The van der Waals surface area contributed by atoms with Gasteiger partial charge in [0, 0.05) is 18.6 Å². The Morgan fingerprint density at radius 3 is 2.29 bits per heavy atom. The van der Waals surface area contributed by atoms with Gasteiger partial charge in [-0.15, -0.1) is 0 Å². The Labute approximate surface area is 81.1 Å². The summed E-state index contributed by atoms with van der Waals surface area (Å²) in [4.78, 5) is 17.9. The van der Waals surface area contributed by atoms with E-state index in [4.69, 9.17) is 5.73 Å². The van der Waals surface area contributed by atoms with E-state index >= 15 is 0 Å². The average Bonchev–Trinajstić information content (AvgIpc) is 2.02. The molecule has 0 spiro atoms. The minimum Gasteiger partial charge on any atom is -0.369 e. The zero-order chi connectivity index (χ0) is 10.8. The zero-order valence-corrected chi connectivity index (χ0v) is 8.28. The summed E-state index contributed by atoms with van der Waals surface area (Å²) in [5.74, 6) is -0.345. The lowest BCUT2D eigenvalue weighted by molar-refractivity contribution is -0.117.